The van der Waals surface area contributed by atoms with E-state index in [-0.39, 0.29) is 22.6 Å². The van der Waals surface area contributed by atoms with Crippen LogP contribution in [-0.4, -0.2) is 41.7 Å². The fourth-order valence-electron chi connectivity index (χ4n) is 4.05. The number of benzene rings is 3. The zero-order valence-corrected chi connectivity index (χ0v) is 21.8. The number of hydrogen-bond acceptors (Lipinski definition) is 4. The van der Waals surface area contributed by atoms with E-state index >= 15 is 0 Å². The van der Waals surface area contributed by atoms with Gasteiger partial charge >= 0.3 is 0 Å². The number of carbonyl (C=O) groups excluding carboxylic acids is 1. The van der Waals surface area contributed by atoms with E-state index in [1.165, 1.54) is 16.4 Å². The van der Waals surface area contributed by atoms with E-state index in [0.717, 1.165) is 16.6 Å². The maximum Gasteiger partial charge on any atom is 0.255 e. The first-order valence-electron chi connectivity index (χ1n) is 12.1. The number of amides is 1. The van der Waals surface area contributed by atoms with E-state index in [2.05, 4.69) is 15.3 Å². The van der Waals surface area contributed by atoms with Gasteiger partial charge in [0, 0.05) is 29.9 Å². The predicted octanol–water partition coefficient (Wildman–Crippen LogP) is 5.78. The highest BCUT2D eigenvalue weighted by Gasteiger charge is 2.26. The van der Waals surface area contributed by atoms with Crippen molar-refractivity contribution in [3.63, 3.8) is 0 Å². The fourth-order valence-corrected chi connectivity index (χ4v) is 5.82. The highest BCUT2D eigenvalue weighted by molar-refractivity contribution is 7.89. The molecule has 0 spiro atoms. The summed E-state index contributed by atoms with van der Waals surface area (Å²) in [6.07, 6.45) is 0. The Kier molecular flexibility index (Phi) is 7.56. The Hall–Kier alpha value is -3.49. The average molecular weight is 505 g/mol. The van der Waals surface area contributed by atoms with Gasteiger partial charge in [-0.3, -0.25) is 4.79 Å². The number of nitrogens with zero attached hydrogens (tertiary/aromatic N) is 2. The summed E-state index contributed by atoms with van der Waals surface area (Å²) in [5.74, 6) is 0.814. The van der Waals surface area contributed by atoms with E-state index in [0.29, 0.717) is 30.2 Å². The minimum Gasteiger partial charge on any atom is -0.338 e. The second kappa shape index (κ2) is 10.6. The fraction of sp³-hybridized carbons (Fsp3) is 0.286. The second-order valence-corrected chi connectivity index (χ2v) is 11.7. The molecule has 7 nitrogen and oxygen atoms in total. The van der Waals surface area contributed by atoms with Crippen molar-refractivity contribution in [3.05, 3.63) is 78.4 Å². The van der Waals surface area contributed by atoms with Crippen LogP contribution in [0.3, 0.4) is 0 Å². The number of aromatic nitrogens is 2. The van der Waals surface area contributed by atoms with Crippen molar-refractivity contribution in [1.29, 1.82) is 0 Å². The van der Waals surface area contributed by atoms with Crippen LogP contribution in [0.25, 0.3) is 22.4 Å². The topological polar surface area (TPSA) is 95.2 Å². The van der Waals surface area contributed by atoms with Crippen molar-refractivity contribution in [2.24, 2.45) is 11.8 Å². The maximum atomic E-state index is 13.2. The molecule has 0 radical (unpaired) electrons. The maximum absolute atomic E-state index is 13.2. The third-order valence-corrected chi connectivity index (χ3v) is 7.52. The van der Waals surface area contributed by atoms with Crippen LogP contribution in [0.1, 0.15) is 38.1 Å². The standard InChI is InChI=1S/C28H32N4O3S/c1-19(2)17-32(18-20(3)4)36(34,35)24-14-12-21(13-15-24)28(33)29-23-9-7-8-22(16-23)27-30-25-10-5-6-11-26(25)31-27/h5-16,19-20H,17-18H2,1-4H3,(H,29,33)(H,30,31). The van der Waals surface area contributed by atoms with Gasteiger partial charge in [-0.15, -0.1) is 0 Å². The molecule has 0 aliphatic heterocycles. The summed E-state index contributed by atoms with van der Waals surface area (Å²) >= 11 is 0. The quantitative estimate of drug-likeness (QED) is 0.302. The van der Waals surface area contributed by atoms with Gasteiger partial charge in [-0.05, 0) is 60.4 Å². The summed E-state index contributed by atoms with van der Waals surface area (Å²) < 4.78 is 28.0. The number of rotatable bonds is 9. The summed E-state index contributed by atoms with van der Waals surface area (Å²) in [4.78, 5) is 21.0. The Morgan fingerprint density at radius 3 is 2.22 bits per heavy atom. The number of hydrogen-bond donors (Lipinski definition) is 2. The molecular formula is C28H32N4O3S. The third kappa shape index (κ3) is 5.83. The number of fused-ring (bicyclic) bond motifs is 1. The van der Waals surface area contributed by atoms with E-state index < -0.39 is 10.0 Å². The Labute approximate surface area is 212 Å². The van der Waals surface area contributed by atoms with Crippen LogP contribution in [0.4, 0.5) is 5.69 Å². The minimum absolute atomic E-state index is 0.187. The van der Waals surface area contributed by atoms with Crippen LogP contribution in [0, 0.1) is 11.8 Å². The van der Waals surface area contributed by atoms with E-state index in [4.69, 9.17) is 0 Å². The second-order valence-electron chi connectivity index (χ2n) is 9.77. The lowest BCUT2D eigenvalue weighted by Crippen LogP contribution is -2.37. The van der Waals surface area contributed by atoms with Crippen molar-refractivity contribution >= 4 is 32.7 Å². The van der Waals surface area contributed by atoms with Gasteiger partial charge in [-0.2, -0.15) is 4.31 Å². The van der Waals surface area contributed by atoms with Crippen molar-refractivity contribution in [2.45, 2.75) is 32.6 Å². The summed E-state index contributed by atoms with van der Waals surface area (Å²) in [5, 5.41) is 2.89. The minimum atomic E-state index is -3.65. The molecule has 0 aliphatic rings. The number of nitrogens with one attached hydrogen (secondary N) is 2. The van der Waals surface area contributed by atoms with Crippen molar-refractivity contribution < 1.29 is 13.2 Å². The van der Waals surface area contributed by atoms with Crippen LogP contribution in [0.5, 0.6) is 0 Å². The summed E-state index contributed by atoms with van der Waals surface area (Å²) in [5.41, 5.74) is 3.66. The zero-order valence-electron chi connectivity index (χ0n) is 21.0. The number of anilines is 1. The SMILES string of the molecule is CC(C)CN(CC(C)C)S(=O)(=O)c1ccc(C(=O)Nc2cccc(-c3nc4ccccc4[nH]3)c2)cc1. The average Bonchev–Trinajstić information content (AvgIpc) is 3.28. The van der Waals surface area contributed by atoms with Crippen LogP contribution < -0.4 is 5.32 Å². The summed E-state index contributed by atoms with van der Waals surface area (Å²) in [6.45, 7) is 8.90. The van der Waals surface area contributed by atoms with Crippen molar-refractivity contribution in [3.8, 4) is 11.4 Å². The van der Waals surface area contributed by atoms with Gasteiger partial charge in [0.05, 0.1) is 15.9 Å². The molecule has 0 fully saturated rings. The van der Waals surface area contributed by atoms with Crippen LogP contribution >= 0.6 is 0 Å². The molecule has 3 aromatic carbocycles. The summed E-state index contributed by atoms with van der Waals surface area (Å²) in [6, 6.07) is 21.3. The summed E-state index contributed by atoms with van der Waals surface area (Å²) in [7, 11) is -3.65. The first-order chi connectivity index (χ1) is 17.1. The number of H-pyrrole nitrogens is 1. The number of para-hydroxylation sites is 2. The molecule has 0 atom stereocenters. The van der Waals surface area contributed by atoms with Gasteiger partial charge in [0.2, 0.25) is 10.0 Å². The number of carbonyl (C=O) groups is 1. The Morgan fingerprint density at radius 1 is 0.917 bits per heavy atom. The highest BCUT2D eigenvalue weighted by Crippen LogP contribution is 2.24. The molecule has 0 saturated carbocycles. The molecule has 2 N–H and O–H groups in total. The smallest absolute Gasteiger partial charge is 0.255 e. The largest absolute Gasteiger partial charge is 0.338 e. The first kappa shape index (κ1) is 25.6. The van der Waals surface area contributed by atoms with Crippen LogP contribution in [0.2, 0.25) is 0 Å². The molecule has 1 aromatic heterocycles. The van der Waals surface area contributed by atoms with Gasteiger partial charge in [0.15, 0.2) is 0 Å². The molecule has 4 aromatic rings. The van der Waals surface area contributed by atoms with E-state index in [1.807, 2.05) is 70.2 Å². The lowest BCUT2D eigenvalue weighted by molar-refractivity contribution is 0.102. The lowest BCUT2D eigenvalue weighted by atomic mass is 10.1. The van der Waals surface area contributed by atoms with Gasteiger partial charge in [-0.1, -0.05) is 52.0 Å². The Balaban J connectivity index is 1.50. The third-order valence-electron chi connectivity index (χ3n) is 5.68. The molecule has 36 heavy (non-hydrogen) atoms. The normalized spacial score (nSPS) is 12.1. The number of aromatic amines is 1. The molecule has 1 heterocycles. The molecule has 1 amide bonds. The van der Waals surface area contributed by atoms with Crippen LogP contribution in [-0.2, 0) is 10.0 Å². The molecule has 0 aliphatic carbocycles. The molecular weight excluding hydrogens is 472 g/mol. The Morgan fingerprint density at radius 2 is 1.58 bits per heavy atom. The molecule has 8 heteroatoms. The van der Waals surface area contributed by atoms with Crippen molar-refractivity contribution in [1.82, 2.24) is 14.3 Å². The van der Waals surface area contributed by atoms with Crippen LogP contribution in [0.15, 0.2) is 77.7 Å². The lowest BCUT2D eigenvalue weighted by Gasteiger charge is -2.25. The van der Waals surface area contributed by atoms with Crippen molar-refractivity contribution in [2.75, 3.05) is 18.4 Å². The predicted molar refractivity (Wildman–Crippen MR) is 144 cm³/mol. The number of sulfonamides is 1. The number of imidazole rings is 1. The Bertz CT molecular complexity index is 1410. The molecule has 188 valence electrons. The molecule has 0 bridgehead atoms. The van der Waals surface area contributed by atoms with Gasteiger partial charge in [-0.25, -0.2) is 13.4 Å². The first-order valence-corrected chi connectivity index (χ1v) is 13.5. The van der Waals surface area contributed by atoms with Gasteiger partial charge < -0.3 is 10.3 Å². The van der Waals surface area contributed by atoms with Gasteiger partial charge in [0.1, 0.15) is 5.82 Å². The molecule has 4 rings (SSSR count). The highest BCUT2D eigenvalue weighted by atomic mass is 32.2. The monoisotopic (exact) mass is 504 g/mol. The zero-order chi connectivity index (χ0) is 25.9. The molecule has 0 unspecified atom stereocenters. The van der Waals surface area contributed by atoms with E-state index in [9.17, 15) is 13.2 Å². The molecule has 0 saturated heterocycles. The van der Waals surface area contributed by atoms with E-state index in [1.54, 1.807) is 18.2 Å². The van der Waals surface area contributed by atoms with Gasteiger partial charge in [0.25, 0.3) is 5.91 Å².